The lowest BCUT2D eigenvalue weighted by Gasteiger charge is -2.16. The zero-order valence-electron chi connectivity index (χ0n) is 13.9. The fourth-order valence-corrected chi connectivity index (χ4v) is 2.40. The van der Waals surface area contributed by atoms with E-state index in [-0.39, 0.29) is 12.6 Å². The molecule has 0 saturated heterocycles. The largest absolute Gasteiger partial charge is 0.481 e. The fraction of sp³-hybridized carbons (Fsp3) is 0.333. The number of carbonyl (C=O) groups excluding carboxylic acids is 1. The molecule has 0 aromatic carbocycles. The second-order valence-electron chi connectivity index (χ2n) is 5.25. The summed E-state index contributed by atoms with van der Waals surface area (Å²) in [6.07, 6.45) is 1.64. The van der Waals surface area contributed by atoms with Crippen molar-refractivity contribution < 1.29 is 9.53 Å². The van der Waals surface area contributed by atoms with E-state index >= 15 is 0 Å². The number of ether oxygens (including phenoxy) is 1. The summed E-state index contributed by atoms with van der Waals surface area (Å²) in [6, 6.07) is 3.26. The molecule has 0 aliphatic carbocycles. The van der Waals surface area contributed by atoms with Gasteiger partial charge in [-0.2, -0.15) is 5.10 Å². The number of methoxy groups -OCH3 is 1. The number of nitrogens with one attached hydrogen (secondary N) is 2. The van der Waals surface area contributed by atoms with Gasteiger partial charge in [0.25, 0.3) is 0 Å². The Morgan fingerprint density at radius 2 is 2.08 bits per heavy atom. The lowest BCUT2D eigenvalue weighted by atomic mass is 10.2. The maximum atomic E-state index is 12.2. The van der Waals surface area contributed by atoms with Crippen LogP contribution in [0.25, 0.3) is 0 Å². The molecule has 2 amide bonds. The summed E-state index contributed by atoms with van der Waals surface area (Å²) in [5.41, 5.74) is 2.07. The van der Waals surface area contributed by atoms with Crippen LogP contribution in [0.2, 0.25) is 0 Å². The highest BCUT2D eigenvalue weighted by Crippen LogP contribution is 2.22. The first-order valence-corrected chi connectivity index (χ1v) is 7.95. The SMILES string of the molecule is COc1ncc(Br)cc1CNC(=O)Nc1cc(C)nnc1N(C)C. The molecule has 128 valence electrons. The summed E-state index contributed by atoms with van der Waals surface area (Å²) >= 11 is 3.35. The quantitative estimate of drug-likeness (QED) is 0.808. The first kappa shape index (κ1) is 17.9. The molecule has 0 saturated carbocycles. The van der Waals surface area contributed by atoms with Crippen molar-refractivity contribution in [1.29, 1.82) is 0 Å². The van der Waals surface area contributed by atoms with Gasteiger partial charge in [-0.15, -0.1) is 5.10 Å². The summed E-state index contributed by atoms with van der Waals surface area (Å²) in [5, 5.41) is 13.7. The Morgan fingerprint density at radius 1 is 1.33 bits per heavy atom. The molecule has 8 nitrogen and oxygen atoms in total. The summed E-state index contributed by atoms with van der Waals surface area (Å²) in [6.45, 7) is 2.09. The number of amides is 2. The molecule has 2 aromatic heterocycles. The van der Waals surface area contributed by atoms with E-state index in [1.807, 2.05) is 27.1 Å². The Balaban J connectivity index is 2.07. The van der Waals surface area contributed by atoms with Crippen molar-refractivity contribution in [3.05, 3.63) is 34.1 Å². The molecule has 0 fully saturated rings. The van der Waals surface area contributed by atoms with Crippen LogP contribution >= 0.6 is 15.9 Å². The molecule has 2 heterocycles. The number of hydrogen-bond acceptors (Lipinski definition) is 6. The zero-order chi connectivity index (χ0) is 17.7. The van der Waals surface area contributed by atoms with Crippen LogP contribution in [0.15, 0.2) is 22.8 Å². The number of urea groups is 1. The molecule has 0 bridgehead atoms. The molecule has 0 spiro atoms. The van der Waals surface area contributed by atoms with Crippen molar-refractivity contribution in [1.82, 2.24) is 20.5 Å². The highest BCUT2D eigenvalue weighted by atomic mass is 79.9. The van der Waals surface area contributed by atoms with Gasteiger partial charge in [0, 0.05) is 36.9 Å². The average molecular weight is 395 g/mol. The maximum Gasteiger partial charge on any atom is 0.319 e. The molecule has 0 aliphatic rings. The van der Waals surface area contributed by atoms with Gasteiger partial charge in [0.05, 0.1) is 18.5 Å². The van der Waals surface area contributed by atoms with Crippen LogP contribution in [0.4, 0.5) is 16.3 Å². The van der Waals surface area contributed by atoms with E-state index < -0.39 is 0 Å². The Kier molecular flexibility index (Phi) is 5.91. The Labute approximate surface area is 148 Å². The van der Waals surface area contributed by atoms with E-state index in [0.29, 0.717) is 23.1 Å². The fourth-order valence-electron chi connectivity index (χ4n) is 2.03. The number of aromatic nitrogens is 3. The lowest BCUT2D eigenvalue weighted by Crippen LogP contribution is -2.29. The highest BCUT2D eigenvalue weighted by molar-refractivity contribution is 9.10. The van der Waals surface area contributed by atoms with Gasteiger partial charge in [-0.05, 0) is 35.0 Å². The van der Waals surface area contributed by atoms with Crippen LogP contribution < -0.4 is 20.3 Å². The van der Waals surface area contributed by atoms with Crippen molar-refractivity contribution in [3.8, 4) is 5.88 Å². The molecule has 9 heteroatoms. The Bertz CT molecular complexity index is 738. The number of pyridine rings is 1. The van der Waals surface area contributed by atoms with Crippen LogP contribution in [0.1, 0.15) is 11.3 Å². The summed E-state index contributed by atoms with van der Waals surface area (Å²) < 4.78 is 6.00. The predicted molar refractivity (Wildman–Crippen MR) is 95.4 cm³/mol. The smallest absolute Gasteiger partial charge is 0.319 e. The number of carbonyl (C=O) groups is 1. The second-order valence-corrected chi connectivity index (χ2v) is 6.16. The minimum Gasteiger partial charge on any atom is -0.481 e. The van der Waals surface area contributed by atoms with Gasteiger partial charge in [-0.25, -0.2) is 9.78 Å². The molecule has 2 N–H and O–H groups in total. The van der Waals surface area contributed by atoms with Crippen LogP contribution in [0.3, 0.4) is 0 Å². The van der Waals surface area contributed by atoms with E-state index in [1.54, 1.807) is 17.2 Å². The van der Waals surface area contributed by atoms with E-state index in [2.05, 4.69) is 41.7 Å². The van der Waals surface area contributed by atoms with Crippen LogP contribution in [0, 0.1) is 6.92 Å². The van der Waals surface area contributed by atoms with Crippen LogP contribution in [0.5, 0.6) is 5.88 Å². The molecular weight excluding hydrogens is 376 g/mol. The third-order valence-corrected chi connectivity index (χ3v) is 3.53. The number of aryl methyl sites for hydroxylation is 1. The predicted octanol–water partition coefficient (Wildman–Crippen LogP) is 2.34. The van der Waals surface area contributed by atoms with Crippen molar-refractivity contribution in [3.63, 3.8) is 0 Å². The van der Waals surface area contributed by atoms with E-state index in [4.69, 9.17) is 4.74 Å². The molecular formula is C15H19BrN6O2. The maximum absolute atomic E-state index is 12.2. The van der Waals surface area contributed by atoms with Gasteiger partial charge >= 0.3 is 6.03 Å². The van der Waals surface area contributed by atoms with Crippen LogP contribution in [-0.2, 0) is 6.54 Å². The summed E-state index contributed by atoms with van der Waals surface area (Å²) in [5.74, 6) is 1.05. The molecule has 0 atom stereocenters. The zero-order valence-corrected chi connectivity index (χ0v) is 15.5. The minimum absolute atomic E-state index is 0.274. The van der Waals surface area contributed by atoms with Gasteiger partial charge < -0.3 is 20.3 Å². The third kappa shape index (κ3) is 4.54. The molecule has 24 heavy (non-hydrogen) atoms. The van der Waals surface area contributed by atoms with E-state index in [1.165, 1.54) is 7.11 Å². The average Bonchev–Trinajstić information content (AvgIpc) is 2.53. The highest BCUT2D eigenvalue weighted by Gasteiger charge is 2.12. The van der Waals surface area contributed by atoms with Gasteiger partial charge in [0.15, 0.2) is 5.82 Å². The number of halogens is 1. The van der Waals surface area contributed by atoms with E-state index in [0.717, 1.165) is 10.0 Å². The van der Waals surface area contributed by atoms with Gasteiger partial charge in [0.1, 0.15) is 0 Å². The van der Waals surface area contributed by atoms with Crippen molar-refractivity contribution in [2.75, 3.05) is 31.4 Å². The normalized spacial score (nSPS) is 10.2. The summed E-state index contributed by atoms with van der Waals surface area (Å²) in [4.78, 5) is 18.1. The third-order valence-electron chi connectivity index (χ3n) is 3.09. The molecule has 2 aromatic rings. The lowest BCUT2D eigenvalue weighted by molar-refractivity contribution is 0.251. The molecule has 0 unspecified atom stereocenters. The number of nitrogens with zero attached hydrogens (tertiary/aromatic N) is 4. The number of rotatable bonds is 5. The molecule has 0 aliphatic heterocycles. The Morgan fingerprint density at radius 3 is 2.75 bits per heavy atom. The monoisotopic (exact) mass is 394 g/mol. The van der Waals surface area contributed by atoms with Crippen LogP contribution in [-0.4, -0.2) is 42.4 Å². The number of hydrogen-bond donors (Lipinski definition) is 2. The standard InChI is InChI=1S/C15H19BrN6O2/c1-9-5-12(13(21-20-9)22(2)3)19-15(23)18-7-10-6-11(16)8-17-14(10)24-4/h5-6,8H,7H2,1-4H3,(H2,18,19,20,23). The van der Waals surface area contributed by atoms with Crippen molar-refractivity contribution in [2.45, 2.75) is 13.5 Å². The first-order chi connectivity index (χ1) is 11.4. The topological polar surface area (TPSA) is 92.3 Å². The second kappa shape index (κ2) is 7.91. The van der Waals surface area contributed by atoms with Gasteiger partial charge in [-0.1, -0.05) is 0 Å². The summed E-state index contributed by atoms with van der Waals surface area (Å²) in [7, 11) is 5.20. The molecule has 0 radical (unpaired) electrons. The minimum atomic E-state index is -0.354. The van der Waals surface area contributed by atoms with Crippen molar-refractivity contribution >= 4 is 33.5 Å². The first-order valence-electron chi connectivity index (χ1n) is 7.15. The Hall–Kier alpha value is -2.42. The van der Waals surface area contributed by atoms with Gasteiger partial charge in [-0.3, -0.25) is 0 Å². The van der Waals surface area contributed by atoms with E-state index in [9.17, 15) is 4.79 Å². The van der Waals surface area contributed by atoms with Crippen molar-refractivity contribution in [2.24, 2.45) is 0 Å². The van der Waals surface area contributed by atoms with Gasteiger partial charge in [0.2, 0.25) is 5.88 Å². The number of anilines is 2. The molecule has 2 rings (SSSR count).